The van der Waals surface area contributed by atoms with E-state index >= 15 is 0 Å². The molecular weight excluding hydrogens is 428 g/mol. The van der Waals surface area contributed by atoms with E-state index in [1.54, 1.807) is 24.3 Å². The van der Waals surface area contributed by atoms with Gasteiger partial charge in [-0.2, -0.15) is 5.10 Å². The molecule has 32 heavy (non-hydrogen) atoms. The van der Waals surface area contributed by atoms with E-state index in [-0.39, 0.29) is 17.7 Å². The summed E-state index contributed by atoms with van der Waals surface area (Å²) in [6.07, 6.45) is 2.07. The molecule has 1 amide bonds. The summed E-state index contributed by atoms with van der Waals surface area (Å²) in [6.45, 7) is 0.421. The van der Waals surface area contributed by atoms with E-state index in [0.29, 0.717) is 18.1 Å². The van der Waals surface area contributed by atoms with Crippen LogP contribution in [0.15, 0.2) is 77.9 Å². The summed E-state index contributed by atoms with van der Waals surface area (Å²) < 4.78 is 6.04. The van der Waals surface area contributed by atoms with Crippen molar-refractivity contribution in [3.05, 3.63) is 94.5 Å². The number of rotatable bonds is 7. The molecule has 1 aliphatic heterocycles. The van der Waals surface area contributed by atoms with Crippen LogP contribution in [0.2, 0.25) is 5.02 Å². The van der Waals surface area contributed by atoms with Gasteiger partial charge in [0, 0.05) is 10.6 Å². The number of carbonyl (C=O) groups is 1. The van der Waals surface area contributed by atoms with Crippen LogP contribution in [0.5, 0.6) is 11.5 Å². The number of nitrogens with one attached hydrogen (secondary N) is 3. The van der Waals surface area contributed by atoms with Crippen molar-refractivity contribution in [2.45, 2.75) is 25.1 Å². The third-order valence-electron chi connectivity index (χ3n) is 5.10. The summed E-state index contributed by atoms with van der Waals surface area (Å²) >= 11 is 5.94. The maximum atomic E-state index is 12.5. The molecule has 2 unspecified atom stereocenters. The SMILES string of the molecule is O=C(N/N=C/c1ccc(O)cc1)C1CC(c2ccccc2OCc2ccc(Cl)cc2)NN1. The first-order valence-corrected chi connectivity index (χ1v) is 10.6. The van der Waals surface area contributed by atoms with Gasteiger partial charge in [-0.15, -0.1) is 0 Å². The van der Waals surface area contributed by atoms with Crippen LogP contribution in [0.1, 0.15) is 29.2 Å². The van der Waals surface area contributed by atoms with Crippen LogP contribution in [0.3, 0.4) is 0 Å². The van der Waals surface area contributed by atoms with E-state index in [2.05, 4.69) is 21.4 Å². The van der Waals surface area contributed by atoms with E-state index in [1.807, 2.05) is 48.5 Å². The summed E-state index contributed by atoms with van der Waals surface area (Å²) in [5.74, 6) is 0.693. The number of hydrazone groups is 1. The number of amides is 1. The van der Waals surface area contributed by atoms with Crippen LogP contribution in [0, 0.1) is 0 Å². The number of nitrogens with zero attached hydrogens (tertiary/aromatic N) is 1. The van der Waals surface area contributed by atoms with Crippen LogP contribution < -0.4 is 21.0 Å². The number of carbonyl (C=O) groups excluding carboxylic acids is 1. The highest BCUT2D eigenvalue weighted by Gasteiger charge is 2.31. The smallest absolute Gasteiger partial charge is 0.258 e. The highest BCUT2D eigenvalue weighted by molar-refractivity contribution is 6.30. The second-order valence-electron chi connectivity index (χ2n) is 7.41. The van der Waals surface area contributed by atoms with Gasteiger partial charge in [0.2, 0.25) is 0 Å². The molecule has 3 aromatic rings. The normalized spacial score (nSPS) is 18.0. The Kier molecular flexibility index (Phi) is 7.01. The highest BCUT2D eigenvalue weighted by Crippen LogP contribution is 2.30. The molecule has 7 nitrogen and oxygen atoms in total. The van der Waals surface area contributed by atoms with Crippen molar-refractivity contribution >= 4 is 23.7 Å². The van der Waals surface area contributed by atoms with Gasteiger partial charge in [0.25, 0.3) is 5.91 Å². The zero-order valence-corrected chi connectivity index (χ0v) is 17.9. The van der Waals surface area contributed by atoms with Gasteiger partial charge < -0.3 is 9.84 Å². The van der Waals surface area contributed by atoms with E-state index in [4.69, 9.17) is 16.3 Å². The standard InChI is InChI=1S/C24H23ClN4O3/c25-18-9-5-17(6-10-18)15-32-23-4-2-1-3-20(23)21-13-22(28-27-21)24(31)29-26-14-16-7-11-19(30)12-8-16/h1-12,14,21-22,27-28,30H,13,15H2,(H,29,31)/b26-14+. The zero-order valence-electron chi connectivity index (χ0n) is 17.2. The molecule has 0 radical (unpaired) electrons. The molecule has 2 atom stereocenters. The molecule has 0 saturated carbocycles. The molecule has 0 spiro atoms. The van der Waals surface area contributed by atoms with Crippen molar-refractivity contribution in [1.29, 1.82) is 0 Å². The number of ether oxygens (including phenoxy) is 1. The average Bonchev–Trinajstić information content (AvgIpc) is 3.30. The predicted molar refractivity (Wildman–Crippen MR) is 123 cm³/mol. The Morgan fingerprint density at radius 1 is 1.09 bits per heavy atom. The average molecular weight is 451 g/mol. The number of aromatic hydroxyl groups is 1. The third-order valence-corrected chi connectivity index (χ3v) is 5.36. The number of para-hydroxylation sites is 1. The van der Waals surface area contributed by atoms with Crippen molar-refractivity contribution < 1.29 is 14.6 Å². The van der Waals surface area contributed by atoms with Gasteiger partial charge >= 0.3 is 0 Å². The van der Waals surface area contributed by atoms with Crippen molar-refractivity contribution in [3.8, 4) is 11.5 Å². The molecule has 0 aliphatic carbocycles. The Hall–Kier alpha value is -3.39. The molecule has 4 N–H and O–H groups in total. The molecule has 1 heterocycles. The van der Waals surface area contributed by atoms with Crippen molar-refractivity contribution in [2.24, 2.45) is 5.10 Å². The molecule has 1 saturated heterocycles. The molecule has 0 bridgehead atoms. The lowest BCUT2D eigenvalue weighted by Gasteiger charge is -2.16. The van der Waals surface area contributed by atoms with E-state index in [9.17, 15) is 9.90 Å². The van der Waals surface area contributed by atoms with Gasteiger partial charge in [-0.3, -0.25) is 4.79 Å². The predicted octanol–water partition coefficient (Wildman–Crippen LogP) is 3.68. The van der Waals surface area contributed by atoms with Crippen LogP contribution in [-0.4, -0.2) is 23.3 Å². The molecular formula is C24H23ClN4O3. The van der Waals surface area contributed by atoms with Crippen LogP contribution in [0.25, 0.3) is 0 Å². The molecule has 1 fully saturated rings. The lowest BCUT2D eigenvalue weighted by molar-refractivity contribution is -0.122. The van der Waals surface area contributed by atoms with E-state index < -0.39 is 6.04 Å². The van der Waals surface area contributed by atoms with E-state index in [0.717, 1.165) is 22.4 Å². The lowest BCUT2D eigenvalue weighted by atomic mass is 10.0. The quantitative estimate of drug-likeness (QED) is 0.325. The zero-order chi connectivity index (χ0) is 22.3. The van der Waals surface area contributed by atoms with Crippen LogP contribution in [0.4, 0.5) is 0 Å². The highest BCUT2D eigenvalue weighted by atomic mass is 35.5. The summed E-state index contributed by atoms with van der Waals surface area (Å²) in [6, 6.07) is 21.3. The molecule has 164 valence electrons. The van der Waals surface area contributed by atoms with Gasteiger partial charge in [0.1, 0.15) is 24.1 Å². The van der Waals surface area contributed by atoms with Gasteiger partial charge in [0.05, 0.1) is 12.3 Å². The van der Waals surface area contributed by atoms with Crippen LogP contribution in [-0.2, 0) is 11.4 Å². The first-order chi connectivity index (χ1) is 15.6. The number of phenols is 1. The topological polar surface area (TPSA) is 95.0 Å². The molecule has 3 aromatic carbocycles. The number of halogens is 1. The molecule has 4 rings (SSSR count). The number of benzene rings is 3. The van der Waals surface area contributed by atoms with Crippen molar-refractivity contribution in [2.75, 3.05) is 0 Å². The monoisotopic (exact) mass is 450 g/mol. The number of hydrazine groups is 1. The molecule has 1 aliphatic rings. The maximum Gasteiger partial charge on any atom is 0.258 e. The summed E-state index contributed by atoms with van der Waals surface area (Å²) in [4.78, 5) is 12.5. The second kappa shape index (κ2) is 10.3. The van der Waals surface area contributed by atoms with Crippen LogP contribution >= 0.6 is 11.6 Å². The third kappa shape index (κ3) is 5.64. The fourth-order valence-corrected chi connectivity index (χ4v) is 3.51. The van der Waals surface area contributed by atoms with E-state index in [1.165, 1.54) is 6.21 Å². The summed E-state index contributed by atoms with van der Waals surface area (Å²) in [5, 5.41) is 14.0. The number of phenolic OH excluding ortho intramolecular Hbond substituents is 1. The van der Waals surface area contributed by atoms with Gasteiger partial charge in [-0.05, 0) is 60.0 Å². The molecule has 8 heteroatoms. The first kappa shape index (κ1) is 21.8. The minimum Gasteiger partial charge on any atom is -0.508 e. The Morgan fingerprint density at radius 2 is 1.84 bits per heavy atom. The number of hydrogen-bond donors (Lipinski definition) is 4. The lowest BCUT2D eigenvalue weighted by Crippen LogP contribution is -2.41. The number of hydrogen-bond acceptors (Lipinski definition) is 6. The Labute approximate surface area is 191 Å². The molecule has 0 aromatic heterocycles. The Morgan fingerprint density at radius 3 is 2.62 bits per heavy atom. The Balaban J connectivity index is 1.34. The minimum absolute atomic E-state index is 0.0896. The van der Waals surface area contributed by atoms with Crippen molar-refractivity contribution in [1.82, 2.24) is 16.3 Å². The minimum atomic E-state index is -0.443. The second-order valence-corrected chi connectivity index (χ2v) is 7.84. The van der Waals surface area contributed by atoms with Gasteiger partial charge in [0.15, 0.2) is 0 Å². The van der Waals surface area contributed by atoms with Gasteiger partial charge in [-0.1, -0.05) is 41.9 Å². The van der Waals surface area contributed by atoms with Gasteiger partial charge in [-0.25, -0.2) is 16.3 Å². The maximum absolute atomic E-state index is 12.5. The first-order valence-electron chi connectivity index (χ1n) is 10.2. The fraction of sp³-hybridized carbons (Fsp3) is 0.167. The largest absolute Gasteiger partial charge is 0.508 e. The summed E-state index contributed by atoms with van der Waals surface area (Å²) in [5.41, 5.74) is 11.5. The summed E-state index contributed by atoms with van der Waals surface area (Å²) in [7, 11) is 0. The fourth-order valence-electron chi connectivity index (χ4n) is 3.38. The van der Waals surface area contributed by atoms with Crippen molar-refractivity contribution in [3.63, 3.8) is 0 Å². The Bertz CT molecular complexity index is 1090.